The summed E-state index contributed by atoms with van der Waals surface area (Å²) in [5.41, 5.74) is 18.9. The molecule has 81 heavy (non-hydrogen) atoms. The predicted molar refractivity (Wildman–Crippen MR) is 338 cm³/mol. The van der Waals surface area contributed by atoms with Gasteiger partial charge in [-0.15, -0.1) is 11.3 Å². The number of benzene rings is 11. The first kappa shape index (κ1) is 46.8. The molecule has 16 rings (SSSR count). The molecule has 0 N–H and O–H groups in total. The van der Waals surface area contributed by atoms with Gasteiger partial charge < -0.3 is 9.13 Å². The number of hydrogen-bond donors (Lipinski definition) is 0. The van der Waals surface area contributed by atoms with E-state index in [9.17, 15) is 0 Å². The molecule has 11 aromatic carbocycles. The zero-order valence-corrected chi connectivity index (χ0v) is 44.9. The Bertz CT molecular complexity index is 5080. The summed E-state index contributed by atoms with van der Waals surface area (Å²) in [6.45, 7) is 0. The zero-order chi connectivity index (χ0) is 53.4. The van der Waals surface area contributed by atoms with Crippen molar-refractivity contribution in [3.63, 3.8) is 0 Å². The molecule has 1 aliphatic carbocycles. The largest absolute Gasteiger partial charge is 0.309 e. The van der Waals surface area contributed by atoms with E-state index in [1.165, 1.54) is 58.2 Å². The van der Waals surface area contributed by atoms with Gasteiger partial charge in [-0.25, -0.2) is 15.0 Å². The highest BCUT2D eigenvalue weighted by atomic mass is 32.1. The standard InChI is InChI=1S/C75H49N5S/c1-5-20-48(21-6-1)51-38-40-52(41-39-51)73-76-74(78-75(77-73)62-32-19-37-69-72(62)61-29-14-16-36-68(61)81-69)60-45-43-54(50-24-9-3-10-25-50)47-67(60)80-63-33-15-13-28-58(63)70-56(31-18-35-65(70)80)57-30-17-34-64-71(57)59-44-42-53(49-22-7-2-8-23-49)46-66(59)79(64)55-26-11-4-12-27-55/h1-18,20-31,33-47H,19,32H2. The Labute approximate surface area is 472 Å². The number of aromatic nitrogens is 5. The van der Waals surface area contributed by atoms with Crippen molar-refractivity contribution in [2.45, 2.75) is 12.8 Å². The molecule has 6 heteroatoms. The molecule has 15 aromatic rings. The van der Waals surface area contributed by atoms with Crippen molar-refractivity contribution in [1.82, 2.24) is 24.1 Å². The first-order chi connectivity index (χ1) is 40.2. The minimum Gasteiger partial charge on any atom is -0.309 e. The molecule has 0 amide bonds. The third-order valence-corrected chi connectivity index (χ3v) is 17.5. The fourth-order valence-corrected chi connectivity index (χ4v) is 13.8. The highest BCUT2D eigenvalue weighted by Crippen LogP contribution is 2.46. The number of fused-ring (bicyclic) bond motifs is 9. The van der Waals surface area contributed by atoms with Crippen LogP contribution in [0.4, 0.5) is 0 Å². The summed E-state index contributed by atoms with van der Waals surface area (Å²) in [7, 11) is 0. The highest BCUT2D eigenvalue weighted by molar-refractivity contribution is 7.17. The lowest BCUT2D eigenvalue weighted by atomic mass is 9.95. The van der Waals surface area contributed by atoms with Crippen LogP contribution in [0.5, 0.6) is 0 Å². The quantitative estimate of drug-likeness (QED) is 0.145. The summed E-state index contributed by atoms with van der Waals surface area (Å²) in [6.07, 6.45) is 4.12. The predicted octanol–water partition coefficient (Wildman–Crippen LogP) is 18.1. The molecule has 4 heterocycles. The monoisotopic (exact) mass is 1050 g/mol. The van der Waals surface area contributed by atoms with Crippen LogP contribution in [-0.4, -0.2) is 24.1 Å². The van der Waals surface area contributed by atoms with Crippen LogP contribution in [0.1, 0.15) is 18.7 Å². The number of thiophene rings is 1. The number of para-hydroxylation sites is 2. The molecular formula is C75H49N5S. The molecule has 4 aromatic heterocycles. The SMILES string of the molecule is C1=c2sc3ccccc3c2=C(c2nc(-c3ccc(-c4ccccc4)cc3)nc(-c3ccc(-c4ccccc4)cc3-n3c4ccccc4c4c(-c5cccc6c5c5ccc(-c7ccccc7)cc5n6-c5ccccc5)cccc43)n2)CC1. The van der Waals surface area contributed by atoms with Crippen LogP contribution in [0.2, 0.25) is 0 Å². The van der Waals surface area contributed by atoms with E-state index in [0.29, 0.717) is 17.5 Å². The molecular weight excluding hydrogens is 1000 g/mol. The summed E-state index contributed by atoms with van der Waals surface area (Å²) in [5, 5.41) is 7.24. The lowest BCUT2D eigenvalue weighted by Gasteiger charge is -2.17. The van der Waals surface area contributed by atoms with E-state index in [1.807, 2.05) is 11.3 Å². The smallest absolute Gasteiger partial charge is 0.166 e. The van der Waals surface area contributed by atoms with Gasteiger partial charge in [0, 0.05) is 63.8 Å². The molecule has 0 fully saturated rings. The fraction of sp³-hybridized carbons (Fsp3) is 0.0267. The lowest BCUT2D eigenvalue weighted by Crippen LogP contribution is -2.26. The Balaban J connectivity index is 0.956. The second-order valence-corrected chi connectivity index (χ2v) is 22.0. The van der Waals surface area contributed by atoms with Crippen molar-refractivity contribution in [2.75, 3.05) is 0 Å². The molecule has 0 saturated heterocycles. The van der Waals surface area contributed by atoms with Crippen LogP contribution in [0.3, 0.4) is 0 Å². The Morgan fingerprint density at radius 3 is 1.54 bits per heavy atom. The van der Waals surface area contributed by atoms with Gasteiger partial charge in [0.15, 0.2) is 17.5 Å². The Morgan fingerprint density at radius 2 is 0.840 bits per heavy atom. The summed E-state index contributed by atoms with van der Waals surface area (Å²) in [4.78, 5) is 16.6. The normalized spacial score (nSPS) is 12.4. The number of nitrogens with zero attached hydrogens (tertiary/aromatic N) is 5. The van der Waals surface area contributed by atoms with Crippen LogP contribution in [-0.2, 0) is 0 Å². The highest BCUT2D eigenvalue weighted by Gasteiger charge is 2.25. The molecule has 0 atom stereocenters. The van der Waals surface area contributed by atoms with E-state index in [2.05, 4.69) is 282 Å². The Hall–Kier alpha value is -10.3. The van der Waals surface area contributed by atoms with Gasteiger partial charge in [-0.3, -0.25) is 0 Å². The van der Waals surface area contributed by atoms with Crippen LogP contribution in [0, 0.1) is 0 Å². The third-order valence-electron chi connectivity index (χ3n) is 16.3. The minimum absolute atomic E-state index is 0.621. The topological polar surface area (TPSA) is 48.5 Å². The van der Waals surface area contributed by atoms with Crippen LogP contribution < -0.4 is 9.75 Å². The summed E-state index contributed by atoms with van der Waals surface area (Å²) < 4.78 is 7.44. The summed E-state index contributed by atoms with van der Waals surface area (Å²) in [6, 6.07) is 96.4. The maximum Gasteiger partial charge on any atom is 0.166 e. The van der Waals surface area contributed by atoms with Gasteiger partial charge in [0.2, 0.25) is 0 Å². The fourth-order valence-electron chi connectivity index (χ4n) is 12.6. The average Bonchev–Trinajstić information content (AvgIpc) is 4.30. The van der Waals surface area contributed by atoms with Crippen LogP contribution in [0.15, 0.2) is 267 Å². The molecule has 0 spiro atoms. The van der Waals surface area contributed by atoms with E-state index in [-0.39, 0.29) is 0 Å². The molecule has 0 saturated carbocycles. The third kappa shape index (κ3) is 7.86. The van der Waals surface area contributed by atoms with Gasteiger partial charge >= 0.3 is 0 Å². The molecule has 0 unspecified atom stereocenters. The van der Waals surface area contributed by atoms with E-state index in [0.717, 1.165) is 90.6 Å². The Morgan fingerprint density at radius 1 is 0.333 bits per heavy atom. The minimum atomic E-state index is 0.621. The van der Waals surface area contributed by atoms with Crippen LogP contribution in [0.25, 0.3) is 144 Å². The van der Waals surface area contributed by atoms with E-state index in [4.69, 9.17) is 15.0 Å². The number of rotatable bonds is 9. The van der Waals surface area contributed by atoms with Gasteiger partial charge in [0.1, 0.15) is 0 Å². The van der Waals surface area contributed by atoms with Gasteiger partial charge in [-0.1, -0.05) is 218 Å². The zero-order valence-electron chi connectivity index (χ0n) is 44.0. The van der Waals surface area contributed by atoms with Crippen molar-refractivity contribution in [1.29, 1.82) is 0 Å². The molecule has 1 aliphatic rings. The maximum absolute atomic E-state index is 5.63. The molecule has 380 valence electrons. The van der Waals surface area contributed by atoms with Crippen molar-refractivity contribution < 1.29 is 0 Å². The molecule has 5 nitrogen and oxygen atoms in total. The van der Waals surface area contributed by atoms with Gasteiger partial charge in [0.05, 0.1) is 27.8 Å². The second kappa shape index (κ2) is 19.3. The van der Waals surface area contributed by atoms with E-state index < -0.39 is 0 Å². The van der Waals surface area contributed by atoms with Crippen LogP contribution >= 0.6 is 11.3 Å². The molecule has 0 aliphatic heterocycles. The van der Waals surface area contributed by atoms with E-state index >= 15 is 0 Å². The van der Waals surface area contributed by atoms with Crippen molar-refractivity contribution in [3.8, 4) is 78.7 Å². The van der Waals surface area contributed by atoms with Gasteiger partial charge in [-0.2, -0.15) is 0 Å². The van der Waals surface area contributed by atoms with Gasteiger partial charge in [0.25, 0.3) is 0 Å². The van der Waals surface area contributed by atoms with Crippen molar-refractivity contribution in [2.24, 2.45) is 0 Å². The maximum atomic E-state index is 5.63. The first-order valence-corrected chi connectivity index (χ1v) is 28.5. The number of hydrogen-bond acceptors (Lipinski definition) is 4. The Kier molecular flexibility index (Phi) is 11.1. The summed E-state index contributed by atoms with van der Waals surface area (Å²) >= 11 is 1.85. The summed E-state index contributed by atoms with van der Waals surface area (Å²) in [5.74, 6) is 1.97. The van der Waals surface area contributed by atoms with Gasteiger partial charge in [-0.05, 0) is 112 Å². The van der Waals surface area contributed by atoms with Crippen molar-refractivity contribution in [3.05, 3.63) is 282 Å². The average molecular weight is 1050 g/mol. The lowest BCUT2D eigenvalue weighted by molar-refractivity contribution is 0.984. The second-order valence-electron chi connectivity index (χ2n) is 20.9. The van der Waals surface area contributed by atoms with Crippen molar-refractivity contribution >= 4 is 76.7 Å². The molecule has 0 bridgehead atoms. The van der Waals surface area contributed by atoms with E-state index in [1.54, 1.807) is 0 Å². The molecule has 0 radical (unpaired) electrons. The first-order valence-electron chi connectivity index (χ1n) is 27.7.